The highest BCUT2D eigenvalue weighted by Gasteiger charge is 2.20. The van der Waals surface area contributed by atoms with Gasteiger partial charge >= 0.3 is 0 Å². The first kappa shape index (κ1) is 12.2. The number of aliphatic hydroxyl groups excluding tert-OH is 1. The Morgan fingerprint density at radius 3 is 2.65 bits per heavy atom. The standard InChI is InChI=1S/C13H18FNO2/c1-17-13-7-2-9(14)8-12(13)15-10-3-5-11(16)6-4-10/h2,7-8,10-11,15-16H,3-6H2,1H3. The molecular formula is C13H18FNO2. The summed E-state index contributed by atoms with van der Waals surface area (Å²) in [4.78, 5) is 0. The van der Waals surface area contributed by atoms with Gasteiger partial charge in [-0.25, -0.2) is 4.39 Å². The molecule has 4 heteroatoms. The Labute approximate surface area is 101 Å². The maximum Gasteiger partial charge on any atom is 0.142 e. The van der Waals surface area contributed by atoms with Crippen molar-refractivity contribution in [1.29, 1.82) is 0 Å². The predicted molar refractivity (Wildman–Crippen MR) is 64.8 cm³/mol. The van der Waals surface area contributed by atoms with E-state index in [9.17, 15) is 9.50 Å². The molecule has 0 heterocycles. The van der Waals surface area contributed by atoms with Crippen LogP contribution in [0.15, 0.2) is 18.2 Å². The Bertz CT molecular complexity index is 376. The van der Waals surface area contributed by atoms with Gasteiger partial charge in [0.2, 0.25) is 0 Å². The van der Waals surface area contributed by atoms with E-state index >= 15 is 0 Å². The quantitative estimate of drug-likeness (QED) is 0.851. The molecule has 0 aliphatic heterocycles. The highest BCUT2D eigenvalue weighted by atomic mass is 19.1. The van der Waals surface area contributed by atoms with Crippen LogP contribution < -0.4 is 10.1 Å². The number of benzene rings is 1. The SMILES string of the molecule is COc1ccc(F)cc1NC1CCC(O)CC1. The lowest BCUT2D eigenvalue weighted by atomic mass is 9.93. The monoisotopic (exact) mass is 239 g/mol. The average Bonchev–Trinajstić information content (AvgIpc) is 2.32. The number of anilines is 1. The van der Waals surface area contributed by atoms with E-state index in [4.69, 9.17) is 4.74 Å². The van der Waals surface area contributed by atoms with Crippen LogP contribution in [0.5, 0.6) is 5.75 Å². The highest BCUT2D eigenvalue weighted by Crippen LogP contribution is 2.29. The van der Waals surface area contributed by atoms with Crippen molar-refractivity contribution in [1.82, 2.24) is 0 Å². The second kappa shape index (κ2) is 5.36. The second-order valence-corrected chi connectivity index (χ2v) is 4.49. The summed E-state index contributed by atoms with van der Waals surface area (Å²) in [6.45, 7) is 0. The molecule has 1 saturated carbocycles. The maximum absolute atomic E-state index is 13.2. The minimum Gasteiger partial charge on any atom is -0.495 e. The van der Waals surface area contributed by atoms with E-state index in [0.717, 1.165) is 25.7 Å². The molecule has 2 N–H and O–H groups in total. The number of ether oxygens (including phenoxy) is 1. The molecule has 0 bridgehead atoms. The van der Waals surface area contributed by atoms with Gasteiger partial charge < -0.3 is 15.2 Å². The smallest absolute Gasteiger partial charge is 0.142 e. The summed E-state index contributed by atoms with van der Waals surface area (Å²) in [5.74, 6) is 0.377. The molecule has 2 rings (SSSR count). The van der Waals surface area contributed by atoms with Crippen LogP contribution in [0.4, 0.5) is 10.1 Å². The van der Waals surface area contributed by atoms with Crippen LogP contribution in [0.1, 0.15) is 25.7 Å². The van der Waals surface area contributed by atoms with Gasteiger partial charge in [-0.15, -0.1) is 0 Å². The zero-order chi connectivity index (χ0) is 12.3. The number of halogens is 1. The van der Waals surface area contributed by atoms with Crippen LogP contribution in [0.25, 0.3) is 0 Å². The third-order valence-electron chi connectivity index (χ3n) is 3.22. The van der Waals surface area contributed by atoms with Crippen molar-refractivity contribution < 1.29 is 14.2 Å². The number of hydrogen-bond donors (Lipinski definition) is 2. The number of rotatable bonds is 3. The third-order valence-corrected chi connectivity index (χ3v) is 3.22. The summed E-state index contributed by atoms with van der Waals surface area (Å²) < 4.78 is 18.3. The minimum absolute atomic E-state index is 0.178. The number of hydrogen-bond acceptors (Lipinski definition) is 3. The lowest BCUT2D eigenvalue weighted by Crippen LogP contribution is -2.28. The summed E-state index contributed by atoms with van der Waals surface area (Å²) >= 11 is 0. The maximum atomic E-state index is 13.2. The molecule has 0 atom stereocenters. The van der Waals surface area contributed by atoms with Crippen molar-refractivity contribution in [3.05, 3.63) is 24.0 Å². The van der Waals surface area contributed by atoms with E-state index < -0.39 is 0 Å². The molecule has 0 aromatic heterocycles. The van der Waals surface area contributed by atoms with Gasteiger partial charge in [-0.05, 0) is 37.8 Å². The largest absolute Gasteiger partial charge is 0.495 e. The molecule has 1 aliphatic carbocycles. The van der Waals surface area contributed by atoms with Gasteiger partial charge in [-0.2, -0.15) is 0 Å². The molecule has 0 amide bonds. The fraction of sp³-hybridized carbons (Fsp3) is 0.538. The van der Waals surface area contributed by atoms with Gasteiger partial charge in [-0.3, -0.25) is 0 Å². The Balaban J connectivity index is 2.04. The van der Waals surface area contributed by atoms with Crippen molar-refractivity contribution in [2.75, 3.05) is 12.4 Å². The molecule has 0 radical (unpaired) electrons. The molecular weight excluding hydrogens is 221 g/mol. The topological polar surface area (TPSA) is 41.5 Å². The number of aliphatic hydroxyl groups is 1. The molecule has 3 nitrogen and oxygen atoms in total. The third kappa shape index (κ3) is 3.09. The summed E-state index contributed by atoms with van der Waals surface area (Å²) in [5, 5.41) is 12.7. The Morgan fingerprint density at radius 1 is 1.29 bits per heavy atom. The second-order valence-electron chi connectivity index (χ2n) is 4.49. The van der Waals surface area contributed by atoms with E-state index in [1.165, 1.54) is 12.1 Å². The first-order chi connectivity index (χ1) is 8.19. The molecule has 0 saturated heterocycles. The van der Waals surface area contributed by atoms with Crippen molar-refractivity contribution >= 4 is 5.69 Å². The first-order valence-corrected chi connectivity index (χ1v) is 5.97. The van der Waals surface area contributed by atoms with E-state index in [0.29, 0.717) is 11.4 Å². The molecule has 1 aliphatic rings. The summed E-state index contributed by atoms with van der Waals surface area (Å²) in [6, 6.07) is 4.74. The van der Waals surface area contributed by atoms with E-state index in [1.54, 1.807) is 13.2 Å². The summed E-state index contributed by atoms with van der Waals surface area (Å²) in [5.41, 5.74) is 0.689. The van der Waals surface area contributed by atoms with Crippen LogP contribution in [0.2, 0.25) is 0 Å². The van der Waals surface area contributed by atoms with Crippen molar-refractivity contribution in [2.24, 2.45) is 0 Å². The van der Waals surface area contributed by atoms with Gasteiger partial charge in [0.05, 0.1) is 18.9 Å². The van der Waals surface area contributed by atoms with E-state index in [-0.39, 0.29) is 18.0 Å². The summed E-state index contributed by atoms with van der Waals surface area (Å²) in [6.07, 6.45) is 3.23. The van der Waals surface area contributed by atoms with Gasteiger partial charge in [0.1, 0.15) is 11.6 Å². The fourth-order valence-electron chi connectivity index (χ4n) is 2.23. The Kier molecular flexibility index (Phi) is 3.84. The Morgan fingerprint density at radius 2 is 2.00 bits per heavy atom. The van der Waals surface area contributed by atoms with Crippen LogP contribution in [-0.2, 0) is 0 Å². The van der Waals surface area contributed by atoms with Crippen LogP contribution >= 0.6 is 0 Å². The molecule has 0 unspecified atom stereocenters. The zero-order valence-corrected chi connectivity index (χ0v) is 9.95. The fourth-order valence-corrected chi connectivity index (χ4v) is 2.23. The zero-order valence-electron chi connectivity index (χ0n) is 9.95. The highest BCUT2D eigenvalue weighted by molar-refractivity contribution is 5.57. The van der Waals surface area contributed by atoms with Crippen LogP contribution in [0.3, 0.4) is 0 Å². The molecule has 0 spiro atoms. The van der Waals surface area contributed by atoms with Gasteiger partial charge in [0.15, 0.2) is 0 Å². The van der Waals surface area contributed by atoms with Crippen molar-refractivity contribution in [3.63, 3.8) is 0 Å². The first-order valence-electron chi connectivity index (χ1n) is 5.97. The van der Waals surface area contributed by atoms with Gasteiger partial charge in [0.25, 0.3) is 0 Å². The van der Waals surface area contributed by atoms with Gasteiger partial charge in [0, 0.05) is 12.1 Å². The molecule has 1 fully saturated rings. The van der Waals surface area contributed by atoms with Crippen molar-refractivity contribution in [2.45, 2.75) is 37.8 Å². The molecule has 17 heavy (non-hydrogen) atoms. The minimum atomic E-state index is -0.274. The van der Waals surface area contributed by atoms with Gasteiger partial charge in [-0.1, -0.05) is 0 Å². The number of nitrogens with one attached hydrogen (secondary N) is 1. The van der Waals surface area contributed by atoms with Crippen molar-refractivity contribution in [3.8, 4) is 5.75 Å². The Hall–Kier alpha value is -1.29. The van der Waals surface area contributed by atoms with E-state index in [2.05, 4.69) is 5.32 Å². The molecule has 1 aromatic carbocycles. The van der Waals surface area contributed by atoms with Crippen LogP contribution in [-0.4, -0.2) is 24.4 Å². The lowest BCUT2D eigenvalue weighted by Gasteiger charge is -2.27. The number of methoxy groups -OCH3 is 1. The normalized spacial score (nSPS) is 24.4. The average molecular weight is 239 g/mol. The van der Waals surface area contributed by atoms with E-state index in [1.807, 2.05) is 0 Å². The summed E-state index contributed by atoms with van der Waals surface area (Å²) in [7, 11) is 1.57. The molecule has 94 valence electrons. The predicted octanol–water partition coefficient (Wildman–Crippen LogP) is 2.55. The lowest BCUT2D eigenvalue weighted by molar-refractivity contribution is 0.126. The molecule has 1 aromatic rings. The van der Waals surface area contributed by atoms with Crippen LogP contribution in [0, 0.1) is 5.82 Å².